The Morgan fingerprint density at radius 1 is 1.00 bits per heavy atom. The van der Waals surface area contributed by atoms with Crippen molar-refractivity contribution in [3.05, 3.63) is 71.5 Å². The molecule has 1 atom stereocenters. The second-order valence-corrected chi connectivity index (χ2v) is 6.77. The van der Waals surface area contributed by atoms with E-state index in [0.29, 0.717) is 42.8 Å². The summed E-state index contributed by atoms with van der Waals surface area (Å²) in [5, 5.41) is 12.4. The maximum absolute atomic E-state index is 13.0. The number of morpholine rings is 1. The second-order valence-electron chi connectivity index (χ2n) is 6.77. The molecule has 0 aliphatic carbocycles. The molecule has 0 saturated carbocycles. The molecule has 1 unspecified atom stereocenters. The molecule has 0 radical (unpaired) electrons. The molecule has 1 saturated heterocycles. The van der Waals surface area contributed by atoms with Crippen molar-refractivity contribution in [3.63, 3.8) is 0 Å². The van der Waals surface area contributed by atoms with Crippen molar-refractivity contribution in [1.29, 1.82) is 0 Å². The van der Waals surface area contributed by atoms with E-state index in [1.165, 1.54) is 12.1 Å². The van der Waals surface area contributed by atoms with E-state index in [1.807, 2.05) is 12.1 Å². The highest BCUT2D eigenvalue weighted by atomic mass is 19.4. The molecule has 28 heavy (non-hydrogen) atoms. The van der Waals surface area contributed by atoms with Crippen molar-refractivity contribution in [2.75, 3.05) is 26.3 Å². The number of hydrogen-bond acceptors (Lipinski definition) is 4. The summed E-state index contributed by atoms with van der Waals surface area (Å²) >= 11 is 0. The molecule has 146 valence electrons. The van der Waals surface area contributed by atoms with Crippen LogP contribution in [-0.4, -0.2) is 41.3 Å². The Kier molecular flexibility index (Phi) is 4.95. The van der Waals surface area contributed by atoms with E-state index in [1.54, 1.807) is 18.5 Å². The summed E-state index contributed by atoms with van der Waals surface area (Å²) in [6.45, 7) is 2.32. The molecule has 3 aromatic rings. The van der Waals surface area contributed by atoms with E-state index in [0.717, 1.165) is 17.5 Å². The molecule has 4 rings (SSSR count). The van der Waals surface area contributed by atoms with Crippen LogP contribution in [0.1, 0.15) is 22.7 Å². The summed E-state index contributed by atoms with van der Waals surface area (Å²) < 4.78 is 44.3. The van der Waals surface area contributed by atoms with Crippen molar-refractivity contribution in [2.24, 2.45) is 0 Å². The topological polar surface area (TPSA) is 45.6 Å². The first-order valence-corrected chi connectivity index (χ1v) is 9.00. The molecule has 0 spiro atoms. The first-order chi connectivity index (χ1) is 13.4. The van der Waals surface area contributed by atoms with Crippen LogP contribution >= 0.6 is 0 Å². The lowest BCUT2D eigenvalue weighted by atomic mass is 9.93. The third-order valence-corrected chi connectivity index (χ3v) is 5.08. The average molecular weight is 388 g/mol. The van der Waals surface area contributed by atoms with Gasteiger partial charge in [-0.3, -0.25) is 9.88 Å². The van der Waals surface area contributed by atoms with Gasteiger partial charge in [-0.1, -0.05) is 24.3 Å². The first kappa shape index (κ1) is 18.7. The maximum Gasteiger partial charge on any atom is 0.416 e. The number of phenols is 1. The minimum atomic E-state index is -4.38. The summed E-state index contributed by atoms with van der Waals surface area (Å²) in [6.07, 6.45) is -1.11. The molecular weight excluding hydrogens is 369 g/mol. The normalized spacial score (nSPS) is 17.0. The Bertz CT molecular complexity index is 968. The van der Waals surface area contributed by atoms with Gasteiger partial charge in [-0.25, -0.2) is 0 Å². The third-order valence-electron chi connectivity index (χ3n) is 5.08. The van der Waals surface area contributed by atoms with Gasteiger partial charge in [-0.05, 0) is 23.8 Å². The number of fused-ring (bicyclic) bond motifs is 1. The highest BCUT2D eigenvalue weighted by Gasteiger charge is 2.32. The van der Waals surface area contributed by atoms with Crippen LogP contribution in [0.25, 0.3) is 10.8 Å². The molecule has 1 aliphatic heterocycles. The number of alkyl halides is 3. The number of ether oxygens (including phenoxy) is 1. The average Bonchev–Trinajstić information content (AvgIpc) is 2.71. The predicted molar refractivity (Wildman–Crippen MR) is 99.1 cm³/mol. The number of aromatic hydroxyl groups is 1. The zero-order valence-corrected chi connectivity index (χ0v) is 15.0. The van der Waals surface area contributed by atoms with Crippen molar-refractivity contribution >= 4 is 10.8 Å². The Balaban J connectivity index is 1.81. The standard InChI is InChI=1S/C21H19F3N2O2/c22-21(23,24)16-4-1-14(2-5-16)19(26-9-11-28-12-10-26)18-6-3-15-13-25-8-7-17(15)20(18)27/h1-8,13,19,27H,9-12H2. The number of nitrogens with zero attached hydrogens (tertiary/aromatic N) is 2. The van der Waals surface area contributed by atoms with Crippen LogP contribution in [0.4, 0.5) is 13.2 Å². The molecule has 2 heterocycles. The number of pyridine rings is 1. The van der Waals surface area contributed by atoms with Gasteiger partial charge in [0.25, 0.3) is 0 Å². The quantitative estimate of drug-likeness (QED) is 0.723. The Morgan fingerprint density at radius 3 is 2.39 bits per heavy atom. The van der Waals surface area contributed by atoms with Gasteiger partial charge in [-0.2, -0.15) is 13.2 Å². The minimum absolute atomic E-state index is 0.122. The van der Waals surface area contributed by atoms with Crippen LogP contribution < -0.4 is 0 Å². The van der Waals surface area contributed by atoms with Crippen molar-refractivity contribution in [3.8, 4) is 5.75 Å². The van der Waals surface area contributed by atoms with E-state index in [-0.39, 0.29) is 11.8 Å². The van der Waals surface area contributed by atoms with Gasteiger partial charge in [0.15, 0.2) is 0 Å². The van der Waals surface area contributed by atoms with Gasteiger partial charge in [0.1, 0.15) is 5.75 Å². The summed E-state index contributed by atoms with van der Waals surface area (Å²) in [4.78, 5) is 6.18. The van der Waals surface area contributed by atoms with Crippen LogP contribution in [0.2, 0.25) is 0 Å². The Labute approximate surface area is 160 Å². The van der Waals surface area contributed by atoms with Gasteiger partial charge < -0.3 is 9.84 Å². The molecule has 1 N–H and O–H groups in total. The van der Waals surface area contributed by atoms with Crippen molar-refractivity contribution < 1.29 is 23.0 Å². The monoisotopic (exact) mass is 388 g/mol. The van der Waals surface area contributed by atoms with Crippen LogP contribution in [-0.2, 0) is 10.9 Å². The molecule has 0 bridgehead atoms. The van der Waals surface area contributed by atoms with E-state index >= 15 is 0 Å². The number of benzene rings is 2. The van der Waals surface area contributed by atoms with Gasteiger partial charge >= 0.3 is 6.18 Å². The summed E-state index contributed by atoms with van der Waals surface area (Å²) in [5.41, 5.74) is 0.657. The fraction of sp³-hybridized carbons (Fsp3) is 0.286. The van der Waals surface area contributed by atoms with Gasteiger partial charge in [-0.15, -0.1) is 0 Å². The lowest BCUT2D eigenvalue weighted by Crippen LogP contribution is -2.39. The van der Waals surface area contributed by atoms with E-state index < -0.39 is 11.7 Å². The smallest absolute Gasteiger partial charge is 0.416 e. The minimum Gasteiger partial charge on any atom is -0.507 e. The molecule has 1 aromatic heterocycles. The number of halogens is 3. The summed E-state index contributed by atoms with van der Waals surface area (Å²) in [5.74, 6) is 0.122. The number of phenolic OH excluding ortho intramolecular Hbond substituents is 1. The third kappa shape index (κ3) is 3.55. The maximum atomic E-state index is 13.0. The predicted octanol–water partition coefficient (Wildman–Crippen LogP) is 4.38. The lowest BCUT2D eigenvalue weighted by Gasteiger charge is -2.35. The van der Waals surface area contributed by atoms with Crippen molar-refractivity contribution in [2.45, 2.75) is 12.2 Å². The van der Waals surface area contributed by atoms with E-state index in [2.05, 4.69) is 9.88 Å². The fourth-order valence-corrected chi connectivity index (χ4v) is 3.67. The number of hydrogen-bond donors (Lipinski definition) is 1. The van der Waals surface area contributed by atoms with Crippen LogP contribution in [0.5, 0.6) is 5.75 Å². The molecule has 1 fully saturated rings. The van der Waals surface area contributed by atoms with Gasteiger partial charge in [0, 0.05) is 41.8 Å². The van der Waals surface area contributed by atoms with Crippen LogP contribution in [0.15, 0.2) is 54.9 Å². The first-order valence-electron chi connectivity index (χ1n) is 9.00. The Morgan fingerprint density at radius 2 is 1.71 bits per heavy atom. The van der Waals surface area contributed by atoms with Gasteiger partial charge in [0.05, 0.1) is 24.8 Å². The van der Waals surface area contributed by atoms with E-state index in [9.17, 15) is 18.3 Å². The highest BCUT2D eigenvalue weighted by Crippen LogP contribution is 2.39. The van der Waals surface area contributed by atoms with Crippen LogP contribution in [0, 0.1) is 0 Å². The summed E-state index contributed by atoms with van der Waals surface area (Å²) in [6, 6.07) is 10.2. The zero-order chi connectivity index (χ0) is 19.7. The molecule has 4 nitrogen and oxygen atoms in total. The van der Waals surface area contributed by atoms with Crippen LogP contribution in [0.3, 0.4) is 0 Å². The van der Waals surface area contributed by atoms with Crippen molar-refractivity contribution in [1.82, 2.24) is 9.88 Å². The zero-order valence-electron chi connectivity index (χ0n) is 15.0. The largest absolute Gasteiger partial charge is 0.507 e. The summed E-state index contributed by atoms with van der Waals surface area (Å²) in [7, 11) is 0. The SMILES string of the molecule is Oc1c(C(c2ccc(C(F)(F)F)cc2)N2CCOCC2)ccc2cnccc12. The molecule has 0 amide bonds. The molecular formula is C21H19F3N2O2. The highest BCUT2D eigenvalue weighted by molar-refractivity contribution is 5.88. The number of aromatic nitrogens is 1. The second kappa shape index (κ2) is 7.41. The fourth-order valence-electron chi connectivity index (χ4n) is 3.67. The molecule has 1 aliphatic rings. The van der Waals surface area contributed by atoms with E-state index in [4.69, 9.17) is 4.74 Å². The molecule has 2 aromatic carbocycles. The number of rotatable bonds is 3. The Hall–Kier alpha value is -2.64. The van der Waals surface area contributed by atoms with Gasteiger partial charge in [0.2, 0.25) is 0 Å². The lowest BCUT2D eigenvalue weighted by molar-refractivity contribution is -0.137. The molecule has 7 heteroatoms.